The van der Waals surface area contributed by atoms with Crippen LogP contribution in [0.15, 0.2) is 29.9 Å². The third kappa shape index (κ3) is 3.68. The monoisotopic (exact) mass is 292 g/mol. The maximum atomic E-state index is 12.0. The maximum absolute atomic E-state index is 12.0. The van der Waals surface area contributed by atoms with Crippen molar-refractivity contribution in [2.45, 2.75) is 19.4 Å². The Morgan fingerprint density at radius 1 is 1.55 bits per heavy atom. The first-order valence-electron chi connectivity index (χ1n) is 6.71. The maximum Gasteiger partial charge on any atom is 0.224 e. The van der Waals surface area contributed by atoms with Crippen LogP contribution in [0.4, 0.5) is 0 Å². The SMILES string of the molecule is CN(CCCN)C(=O)CCn1ccnc1-c1cccs1. The summed E-state index contributed by atoms with van der Waals surface area (Å²) in [5.41, 5.74) is 5.45. The Balaban J connectivity index is 1.92. The van der Waals surface area contributed by atoms with Gasteiger partial charge in [-0.1, -0.05) is 6.07 Å². The first-order valence-corrected chi connectivity index (χ1v) is 7.59. The number of amides is 1. The molecule has 0 saturated heterocycles. The summed E-state index contributed by atoms with van der Waals surface area (Å²) >= 11 is 1.65. The minimum absolute atomic E-state index is 0.143. The van der Waals surface area contributed by atoms with E-state index in [-0.39, 0.29) is 5.91 Å². The number of thiophene rings is 1. The van der Waals surface area contributed by atoms with Crippen LogP contribution in [0.1, 0.15) is 12.8 Å². The molecule has 0 aliphatic rings. The van der Waals surface area contributed by atoms with Crippen molar-refractivity contribution in [3.63, 3.8) is 0 Å². The van der Waals surface area contributed by atoms with E-state index in [1.807, 2.05) is 35.3 Å². The summed E-state index contributed by atoms with van der Waals surface area (Å²) in [7, 11) is 1.83. The summed E-state index contributed by atoms with van der Waals surface area (Å²) < 4.78 is 2.03. The van der Waals surface area contributed by atoms with E-state index >= 15 is 0 Å². The fraction of sp³-hybridized carbons (Fsp3) is 0.429. The molecule has 20 heavy (non-hydrogen) atoms. The Kier molecular flexibility index (Phi) is 5.31. The van der Waals surface area contributed by atoms with Crippen LogP contribution in [0, 0.1) is 0 Å². The topological polar surface area (TPSA) is 64.2 Å². The van der Waals surface area contributed by atoms with Gasteiger partial charge >= 0.3 is 0 Å². The van der Waals surface area contributed by atoms with Gasteiger partial charge in [-0.05, 0) is 24.4 Å². The second-order valence-electron chi connectivity index (χ2n) is 4.63. The number of carbonyl (C=O) groups is 1. The van der Waals surface area contributed by atoms with E-state index in [4.69, 9.17) is 5.73 Å². The van der Waals surface area contributed by atoms with Crippen LogP contribution >= 0.6 is 11.3 Å². The van der Waals surface area contributed by atoms with E-state index in [2.05, 4.69) is 4.98 Å². The van der Waals surface area contributed by atoms with Crippen molar-refractivity contribution in [3.05, 3.63) is 29.9 Å². The number of aryl methyl sites for hydroxylation is 1. The Morgan fingerprint density at radius 3 is 3.10 bits per heavy atom. The molecule has 0 aliphatic heterocycles. The summed E-state index contributed by atoms with van der Waals surface area (Å²) in [6, 6.07) is 4.05. The highest BCUT2D eigenvalue weighted by Gasteiger charge is 2.11. The van der Waals surface area contributed by atoms with Crippen LogP contribution in [0.5, 0.6) is 0 Å². The molecule has 2 aromatic rings. The fourth-order valence-electron chi connectivity index (χ4n) is 1.98. The molecule has 6 heteroatoms. The molecule has 2 aromatic heterocycles. The van der Waals surface area contributed by atoms with Crippen molar-refractivity contribution in [2.24, 2.45) is 5.73 Å². The van der Waals surface area contributed by atoms with E-state index in [1.165, 1.54) is 0 Å². The van der Waals surface area contributed by atoms with Crippen LogP contribution in [0.3, 0.4) is 0 Å². The molecule has 0 atom stereocenters. The summed E-state index contributed by atoms with van der Waals surface area (Å²) in [5.74, 6) is 1.07. The molecule has 108 valence electrons. The quantitative estimate of drug-likeness (QED) is 0.846. The van der Waals surface area contributed by atoms with Gasteiger partial charge in [0, 0.05) is 39.0 Å². The molecule has 1 amide bonds. The van der Waals surface area contributed by atoms with Crippen molar-refractivity contribution in [1.29, 1.82) is 0 Å². The molecule has 0 saturated carbocycles. The predicted octanol–water partition coefficient (Wildman–Crippen LogP) is 1.81. The average molecular weight is 292 g/mol. The number of hydrogen-bond donors (Lipinski definition) is 1. The number of nitrogens with zero attached hydrogens (tertiary/aromatic N) is 3. The van der Waals surface area contributed by atoms with Crippen molar-refractivity contribution >= 4 is 17.2 Å². The van der Waals surface area contributed by atoms with Gasteiger partial charge in [0.15, 0.2) is 0 Å². The molecule has 0 spiro atoms. The van der Waals surface area contributed by atoms with Crippen molar-refractivity contribution in [1.82, 2.24) is 14.5 Å². The van der Waals surface area contributed by atoms with Crippen LogP contribution in [0.2, 0.25) is 0 Å². The number of rotatable bonds is 7. The van der Waals surface area contributed by atoms with Crippen LogP contribution < -0.4 is 5.73 Å². The minimum Gasteiger partial charge on any atom is -0.346 e. The third-order valence-corrected chi connectivity index (χ3v) is 4.01. The zero-order valence-corrected chi connectivity index (χ0v) is 12.5. The van der Waals surface area contributed by atoms with Crippen molar-refractivity contribution in [2.75, 3.05) is 20.1 Å². The lowest BCUT2D eigenvalue weighted by Gasteiger charge is -2.17. The molecule has 2 N–H and O–H groups in total. The lowest BCUT2D eigenvalue weighted by Crippen LogP contribution is -2.29. The molecule has 5 nitrogen and oxygen atoms in total. The molecule has 2 rings (SSSR count). The van der Waals surface area contributed by atoms with Gasteiger partial charge in [-0.15, -0.1) is 11.3 Å². The van der Waals surface area contributed by atoms with Crippen LogP contribution in [0.25, 0.3) is 10.7 Å². The average Bonchev–Trinajstić information content (AvgIpc) is 3.11. The molecule has 0 unspecified atom stereocenters. The first-order chi connectivity index (χ1) is 9.72. The largest absolute Gasteiger partial charge is 0.346 e. The van der Waals surface area contributed by atoms with Crippen molar-refractivity contribution in [3.8, 4) is 10.7 Å². The number of aromatic nitrogens is 2. The van der Waals surface area contributed by atoms with Gasteiger partial charge in [-0.2, -0.15) is 0 Å². The lowest BCUT2D eigenvalue weighted by atomic mass is 10.3. The zero-order valence-electron chi connectivity index (χ0n) is 11.7. The van der Waals surface area contributed by atoms with Crippen molar-refractivity contribution < 1.29 is 4.79 Å². The van der Waals surface area contributed by atoms with Crippen LogP contribution in [-0.2, 0) is 11.3 Å². The Hall–Kier alpha value is -1.66. The molecule has 0 aliphatic carbocycles. The van der Waals surface area contributed by atoms with Gasteiger partial charge in [0.05, 0.1) is 4.88 Å². The number of hydrogen-bond acceptors (Lipinski definition) is 4. The predicted molar refractivity (Wildman–Crippen MR) is 81.5 cm³/mol. The minimum atomic E-state index is 0.143. The van der Waals surface area contributed by atoms with Gasteiger partial charge in [0.1, 0.15) is 5.82 Å². The molecule has 0 fully saturated rings. The first kappa shape index (κ1) is 14.7. The second-order valence-corrected chi connectivity index (χ2v) is 5.58. The molecule has 0 radical (unpaired) electrons. The molecule has 0 aromatic carbocycles. The van der Waals surface area contributed by atoms with E-state index in [0.717, 1.165) is 23.7 Å². The molecular formula is C14H20N4OS. The van der Waals surface area contributed by atoms with Gasteiger partial charge in [-0.3, -0.25) is 4.79 Å². The molecule has 2 heterocycles. The number of imidazole rings is 1. The smallest absolute Gasteiger partial charge is 0.224 e. The van der Waals surface area contributed by atoms with E-state index in [0.29, 0.717) is 19.5 Å². The van der Waals surface area contributed by atoms with E-state index in [9.17, 15) is 4.79 Å². The summed E-state index contributed by atoms with van der Waals surface area (Å²) in [5, 5.41) is 2.03. The Labute approximate surface area is 123 Å². The zero-order chi connectivity index (χ0) is 14.4. The summed E-state index contributed by atoms with van der Waals surface area (Å²) in [4.78, 5) is 19.2. The van der Waals surface area contributed by atoms with E-state index < -0.39 is 0 Å². The lowest BCUT2D eigenvalue weighted by molar-refractivity contribution is -0.130. The van der Waals surface area contributed by atoms with Crippen LogP contribution in [-0.4, -0.2) is 40.5 Å². The normalized spacial score (nSPS) is 10.7. The molecule has 0 bridgehead atoms. The van der Waals surface area contributed by atoms with Gasteiger partial charge in [0.25, 0.3) is 0 Å². The standard InChI is InChI=1S/C14H20N4OS/c1-17(8-3-6-15)13(19)5-9-18-10-7-16-14(18)12-4-2-11-20-12/h2,4,7,10-11H,3,5-6,8-9,15H2,1H3. The fourth-order valence-corrected chi connectivity index (χ4v) is 2.72. The summed E-state index contributed by atoms with van der Waals surface area (Å²) in [6.07, 6.45) is 5.02. The number of carbonyl (C=O) groups excluding carboxylic acids is 1. The third-order valence-electron chi connectivity index (χ3n) is 3.15. The second kappa shape index (κ2) is 7.21. The van der Waals surface area contributed by atoms with Gasteiger partial charge < -0.3 is 15.2 Å². The highest BCUT2D eigenvalue weighted by atomic mass is 32.1. The highest BCUT2D eigenvalue weighted by Crippen LogP contribution is 2.22. The number of nitrogens with two attached hydrogens (primary N) is 1. The van der Waals surface area contributed by atoms with Gasteiger partial charge in [-0.25, -0.2) is 4.98 Å². The van der Waals surface area contributed by atoms with Gasteiger partial charge in [0.2, 0.25) is 5.91 Å². The van der Waals surface area contributed by atoms with E-state index in [1.54, 1.807) is 22.4 Å². The summed E-state index contributed by atoms with van der Waals surface area (Å²) in [6.45, 7) is 1.98. The highest BCUT2D eigenvalue weighted by molar-refractivity contribution is 7.13. The molecular weight excluding hydrogens is 272 g/mol. The Morgan fingerprint density at radius 2 is 2.40 bits per heavy atom. The Bertz CT molecular complexity index is 535.